The van der Waals surface area contributed by atoms with Gasteiger partial charge in [-0.15, -0.1) is 6.58 Å². The van der Waals surface area contributed by atoms with Gasteiger partial charge in [-0.3, -0.25) is 0 Å². The summed E-state index contributed by atoms with van der Waals surface area (Å²) in [6.07, 6.45) is 0.226. The third kappa shape index (κ3) is 3.80. The van der Waals surface area contributed by atoms with Gasteiger partial charge in [0.15, 0.2) is 0 Å². The Kier molecular flexibility index (Phi) is 3.97. The minimum Gasteiger partial charge on any atom is -0.388 e. The minimum atomic E-state index is -0.841. The molecule has 0 heterocycles. The third-order valence-electron chi connectivity index (χ3n) is 2.11. The Morgan fingerprint density at radius 1 is 1.33 bits per heavy atom. The van der Waals surface area contributed by atoms with E-state index >= 15 is 0 Å². The van der Waals surface area contributed by atoms with Gasteiger partial charge in [-0.25, -0.2) is 8.78 Å². The Morgan fingerprint density at radius 3 is 2.33 bits per heavy atom. The van der Waals surface area contributed by atoms with Gasteiger partial charge in [0.1, 0.15) is 11.6 Å². The van der Waals surface area contributed by atoms with Crippen LogP contribution >= 0.6 is 0 Å². The molecule has 0 radical (unpaired) electrons. The van der Waals surface area contributed by atoms with Crippen molar-refractivity contribution in [2.45, 2.75) is 25.9 Å². The van der Waals surface area contributed by atoms with Gasteiger partial charge in [-0.2, -0.15) is 0 Å². The van der Waals surface area contributed by atoms with Crippen LogP contribution in [0.5, 0.6) is 0 Å². The van der Waals surface area contributed by atoms with Crippen LogP contribution in [0.2, 0.25) is 0 Å². The maximum Gasteiger partial charge on any atom is 0.126 e. The van der Waals surface area contributed by atoms with Crippen LogP contribution in [0.3, 0.4) is 0 Å². The van der Waals surface area contributed by atoms with Crippen molar-refractivity contribution in [3.63, 3.8) is 0 Å². The number of rotatable bonds is 4. The minimum absolute atomic E-state index is 0.272. The molecule has 0 bridgehead atoms. The molecule has 0 aliphatic rings. The van der Waals surface area contributed by atoms with E-state index in [4.69, 9.17) is 0 Å². The Hall–Kier alpha value is -1.22. The second kappa shape index (κ2) is 5.03. The maximum atomic E-state index is 12.8. The van der Waals surface area contributed by atoms with Crippen LogP contribution in [0.25, 0.3) is 0 Å². The molecule has 3 heteroatoms. The van der Waals surface area contributed by atoms with Crippen molar-refractivity contribution in [2.24, 2.45) is 0 Å². The fourth-order valence-corrected chi connectivity index (χ4v) is 1.32. The third-order valence-corrected chi connectivity index (χ3v) is 2.11. The quantitative estimate of drug-likeness (QED) is 0.759. The molecule has 0 saturated heterocycles. The summed E-state index contributed by atoms with van der Waals surface area (Å²) in [5.41, 5.74) is 1.21. The van der Waals surface area contributed by atoms with E-state index in [0.29, 0.717) is 12.8 Å². The molecule has 1 nitrogen and oxygen atoms in total. The molecule has 0 aliphatic heterocycles. The van der Waals surface area contributed by atoms with Crippen molar-refractivity contribution in [3.8, 4) is 0 Å². The topological polar surface area (TPSA) is 20.2 Å². The first kappa shape index (κ1) is 11.9. The molecular formula is C12H14F2O. The van der Waals surface area contributed by atoms with Crippen molar-refractivity contribution in [1.29, 1.82) is 0 Å². The first-order chi connectivity index (χ1) is 6.99. The maximum absolute atomic E-state index is 12.8. The van der Waals surface area contributed by atoms with E-state index in [0.717, 1.165) is 23.8 Å². The van der Waals surface area contributed by atoms with Crippen LogP contribution in [-0.4, -0.2) is 5.11 Å². The van der Waals surface area contributed by atoms with Crippen LogP contribution in [0.4, 0.5) is 8.78 Å². The van der Waals surface area contributed by atoms with Gasteiger partial charge in [-0.05, 0) is 37.5 Å². The summed E-state index contributed by atoms with van der Waals surface area (Å²) in [5.74, 6) is -1.33. The predicted octanol–water partition coefficient (Wildman–Crippen LogP) is 3.35. The first-order valence-electron chi connectivity index (χ1n) is 4.77. The fraction of sp³-hybridized carbons (Fsp3) is 0.333. The summed E-state index contributed by atoms with van der Waals surface area (Å²) < 4.78 is 25.6. The average molecular weight is 212 g/mol. The molecule has 0 aromatic heterocycles. The van der Waals surface area contributed by atoms with Gasteiger partial charge < -0.3 is 5.11 Å². The normalized spacial score (nSPS) is 12.5. The van der Waals surface area contributed by atoms with Crippen molar-refractivity contribution >= 4 is 0 Å². The standard InChI is InChI=1S/C12H14F2O/c1-8(2)3-4-12(15)9-5-10(13)7-11(14)6-9/h5-7,12,15H,1,3-4H2,2H3. The zero-order valence-corrected chi connectivity index (χ0v) is 8.63. The lowest BCUT2D eigenvalue weighted by molar-refractivity contribution is 0.167. The summed E-state index contributed by atoms with van der Waals surface area (Å²) in [6, 6.07) is 3.08. The smallest absolute Gasteiger partial charge is 0.126 e. The molecule has 1 rings (SSSR count). The molecule has 0 aliphatic carbocycles. The zero-order valence-electron chi connectivity index (χ0n) is 8.63. The molecule has 1 unspecified atom stereocenters. The van der Waals surface area contributed by atoms with Crippen molar-refractivity contribution in [3.05, 3.63) is 47.5 Å². The average Bonchev–Trinajstić information content (AvgIpc) is 2.12. The molecule has 0 fully saturated rings. The molecule has 0 spiro atoms. The second-order valence-corrected chi connectivity index (χ2v) is 3.71. The molecule has 1 aromatic rings. The van der Waals surface area contributed by atoms with E-state index in [1.165, 1.54) is 0 Å². The number of halogens is 2. The van der Waals surface area contributed by atoms with Gasteiger partial charge in [-0.1, -0.05) is 5.57 Å². The molecule has 0 saturated carbocycles. The lowest BCUT2D eigenvalue weighted by Crippen LogP contribution is -1.99. The highest BCUT2D eigenvalue weighted by atomic mass is 19.1. The number of allylic oxidation sites excluding steroid dienone is 1. The van der Waals surface area contributed by atoms with Crippen molar-refractivity contribution in [1.82, 2.24) is 0 Å². The largest absolute Gasteiger partial charge is 0.388 e. The lowest BCUT2D eigenvalue weighted by Gasteiger charge is -2.10. The monoisotopic (exact) mass is 212 g/mol. The van der Waals surface area contributed by atoms with E-state index in [1.54, 1.807) is 0 Å². The Balaban J connectivity index is 2.72. The summed E-state index contributed by atoms with van der Waals surface area (Å²) in [6.45, 7) is 5.54. The van der Waals surface area contributed by atoms with Crippen LogP contribution in [0, 0.1) is 11.6 Å². The van der Waals surface area contributed by atoms with Gasteiger partial charge in [0, 0.05) is 6.07 Å². The predicted molar refractivity (Wildman–Crippen MR) is 55.4 cm³/mol. The Bertz CT molecular complexity index is 340. The number of aliphatic hydroxyl groups is 1. The molecule has 1 N–H and O–H groups in total. The van der Waals surface area contributed by atoms with Gasteiger partial charge >= 0.3 is 0 Å². The van der Waals surface area contributed by atoms with Crippen molar-refractivity contribution in [2.75, 3.05) is 0 Å². The number of benzene rings is 1. The Labute approximate surface area is 88.1 Å². The van der Waals surface area contributed by atoms with Gasteiger partial charge in [0.2, 0.25) is 0 Å². The van der Waals surface area contributed by atoms with Gasteiger partial charge in [0.25, 0.3) is 0 Å². The Morgan fingerprint density at radius 2 is 1.87 bits per heavy atom. The summed E-state index contributed by atoms with van der Waals surface area (Å²) in [4.78, 5) is 0. The SMILES string of the molecule is C=C(C)CCC(O)c1cc(F)cc(F)c1. The summed E-state index contributed by atoms with van der Waals surface area (Å²) in [7, 11) is 0. The van der Waals surface area contributed by atoms with Crippen molar-refractivity contribution < 1.29 is 13.9 Å². The molecule has 1 aromatic carbocycles. The van der Waals surface area contributed by atoms with E-state index in [9.17, 15) is 13.9 Å². The summed E-state index contributed by atoms with van der Waals surface area (Å²) >= 11 is 0. The zero-order chi connectivity index (χ0) is 11.4. The number of aliphatic hydroxyl groups excluding tert-OH is 1. The van der Waals surface area contributed by atoms with E-state index in [-0.39, 0.29) is 5.56 Å². The lowest BCUT2D eigenvalue weighted by atomic mass is 10.0. The van der Waals surface area contributed by atoms with Gasteiger partial charge in [0.05, 0.1) is 6.10 Å². The van der Waals surface area contributed by atoms with Crippen LogP contribution in [-0.2, 0) is 0 Å². The van der Waals surface area contributed by atoms with E-state index < -0.39 is 17.7 Å². The molecule has 15 heavy (non-hydrogen) atoms. The molecule has 82 valence electrons. The fourth-order valence-electron chi connectivity index (χ4n) is 1.32. The molecule has 1 atom stereocenters. The van der Waals surface area contributed by atoms with Crippen LogP contribution < -0.4 is 0 Å². The van der Waals surface area contributed by atoms with Crippen LogP contribution in [0.15, 0.2) is 30.4 Å². The highest BCUT2D eigenvalue weighted by Gasteiger charge is 2.10. The van der Waals surface area contributed by atoms with E-state index in [1.807, 2.05) is 6.92 Å². The molecular weight excluding hydrogens is 198 g/mol. The summed E-state index contributed by atoms with van der Waals surface area (Å²) in [5, 5.41) is 9.64. The molecule has 0 amide bonds. The number of hydrogen-bond donors (Lipinski definition) is 1. The van der Waals surface area contributed by atoms with E-state index in [2.05, 4.69) is 6.58 Å². The number of hydrogen-bond acceptors (Lipinski definition) is 1. The highest BCUT2D eigenvalue weighted by molar-refractivity contribution is 5.20. The van der Waals surface area contributed by atoms with Crippen LogP contribution in [0.1, 0.15) is 31.4 Å². The highest BCUT2D eigenvalue weighted by Crippen LogP contribution is 2.21. The first-order valence-corrected chi connectivity index (χ1v) is 4.77. The second-order valence-electron chi connectivity index (χ2n) is 3.71.